The molecule has 0 amide bonds. The SMILES string of the molecule is COc1cccc(OC)c1C(=O)O[C@H](C)C(=O)c1ccc(Br)cc1. The summed E-state index contributed by atoms with van der Waals surface area (Å²) in [4.78, 5) is 24.8. The van der Waals surface area contributed by atoms with Crippen LogP contribution in [0.2, 0.25) is 0 Å². The summed E-state index contributed by atoms with van der Waals surface area (Å²) >= 11 is 3.31. The van der Waals surface area contributed by atoms with Crippen molar-refractivity contribution in [3.8, 4) is 11.5 Å². The van der Waals surface area contributed by atoms with E-state index in [9.17, 15) is 9.59 Å². The molecule has 6 heteroatoms. The van der Waals surface area contributed by atoms with Crippen LogP contribution in [0.15, 0.2) is 46.9 Å². The lowest BCUT2D eigenvalue weighted by Gasteiger charge is -2.16. The number of hydrogen-bond donors (Lipinski definition) is 0. The molecule has 0 aliphatic heterocycles. The molecule has 0 heterocycles. The summed E-state index contributed by atoms with van der Waals surface area (Å²) in [6, 6.07) is 11.8. The molecular weight excluding hydrogens is 376 g/mol. The first-order chi connectivity index (χ1) is 11.5. The Morgan fingerprint density at radius 1 is 0.958 bits per heavy atom. The third-order valence-corrected chi connectivity index (χ3v) is 3.94. The van der Waals surface area contributed by atoms with E-state index in [1.807, 2.05) is 0 Å². The molecule has 1 atom stereocenters. The monoisotopic (exact) mass is 392 g/mol. The molecule has 0 radical (unpaired) electrons. The first-order valence-corrected chi connectivity index (χ1v) is 7.99. The number of hydrogen-bond acceptors (Lipinski definition) is 5. The second kappa shape index (κ2) is 7.97. The van der Waals surface area contributed by atoms with Gasteiger partial charge in [0, 0.05) is 10.0 Å². The zero-order chi connectivity index (χ0) is 17.7. The summed E-state index contributed by atoms with van der Waals surface area (Å²) in [5.74, 6) is -0.322. The van der Waals surface area contributed by atoms with Crippen LogP contribution in [0.4, 0.5) is 0 Å². The average Bonchev–Trinajstić information content (AvgIpc) is 2.60. The van der Waals surface area contributed by atoms with Gasteiger partial charge in [0.15, 0.2) is 6.10 Å². The summed E-state index contributed by atoms with van der Waals surface area (Å²) in [6.45, 7) is 1.53. The van der Waals surface area contributed by atoms with E-state index in [-0.39, 0.29) is 11.3 Å². The number of ether oxygens (including phenoxy) is 3. The maximum Gasteiger partial charge on any atom is 0.346 e. The van der Waals surface area contributed by atoms with Gasteiger partial charge in [0.25, 0.3) is 0 Å². The Morgan fingerprint density at radius 3 is 2.00 bits per heavy atom. The average molecular weight is 393 g/mol. The molecule has 0 N–H and O–H groups in total. The zero-order valence-corrected chi connectivity index (χ0v) is 15.1. The van der Waals surface area contributed by atoms with E-state index in [1.54, 1.807) is 42.5 Å². The number of ketones is 1. The van der Waals surface area contributed by atoms with Gasteiger partial charge in [-0.05, 0) is 31.2 Å². The molecule has 0 bridgehead atoms. The number of benzene rings is 2. The van der Waals surface area contributed by atoms with Crippen LogP contribution in [0.5, 0.6) is 11.5 Å². The van der Waals surface area contributed by atoms with Crippen molar-refractivity contribution in [2.45, 2.75) is 13.0 Å². The molecule has 126 valence electrons. The number of methoxy groups -OCH3 is 2. The fraction of sp³-hybridized carbons (Fsp3) is 0.222. The van der Waals surface area contributed by atoms with Gasteiger partial charge in [-0.3, -0.25) is 4.79 Å². The Morgan fingerprint density at radius 2 is 1.50 bits per heavy atom. The lowest BCUT2D eigenvalue weighted by atomic mass is 10.1. The van der Waals surface area contributed by atoms with Crippen molar-refractivity contribution in [3.05, 3.63) is 58.1 Å². The topological polar surface area (TPSA) is 61.8 Å². The van der Waals surface area contributed by atoms with Crippen LogP contribution in [0.1, 0.15) is 27.6 Å². The summed E-state index contributed by atoms with van der Waals surface area (Å²) in [6.07, 6.45) is -0.937. The Kier molecular flexibility index (Phi) is 5.98. The first-order valence-electron chi connectivity index (χ1n) is 7.19. The molecule has 2 aromatic carbocycles. The number of halogens is 1. The molecule has 0 spiro atoms. The molecule has 0 aliphatic rings. The standard InChI is InChI=1S/C18H17BrO5/c1-11(17(20)12-7-9-13(19)10-8-12)24-18(21)16-14(22-2)5-4-6-15(16)23-3/h4-11H,1-3H3/t11-/m1/s1. The molecular formula is C18H17BrO5. The highest BCUT2D eigenvalue weighted by Gasteiger charge is 2.25. The fourth-order valence-electron chi connectivity index (χ4n) is 2.17. The zero-order valence-electron chi connectivity index (χ0n) is 13.5. The summed E-state index contributed by atoms with van der Waals surface area (Å²) in [5.41, 5.74) is 0.614. The van der Waals surface area contributed by atoms with Crippen LogP contribution >= 0.6 is 15.9 Å². The molecule has 0 fully saturated rings. The van der Waals surface area contributed by atoms with Crippen LogP contribution in [0.25, 0.3) is 0 Å². The molecule has 2 aromatic rings. The van der Waals surface area contributed by atoms with E-state index < -0.39 is 12.1 Å². The summed E-state index contributed by atoms with van der Waals surface area (Å²) in [7, 11) is 2.89. The van der Waals surface area contributed by atoms with Gasteiger partial charge in [-0.1, -0.05) is 34.1 Å². The number of esters is 1. The van der Waals surface area contributed by atoms with Crippen molar-refractivity contribution in [1.29, 1.82) is 0 Å². The third kappa shape index (κ3) is 3.94. The second-order valence-corrected chi connectivity index (χ2v) is 5.87. The van der Waals surface area contributed by atoms with Gasteiger partial charge < -0.3 is 14.2 Å². The van der Waals surface area contributed by atoms with Crippen LogP contribution < -0.4 is 9.47 Å². The summed E-state index contributed by atoms with van der Waals surface area (Å²) < 4.78 is 16.5. The normalized spacial score (nSPS) is 11.5. The highest BCUT2D eigenvalue weighted by atomic mass is 79.9. The molecule has 0 unspecified atom stereocenters. The minimum Gasteiger partial charge on any atom is -0.496 e. The third-order valence-electron chi connectivity index (χ3n) is 3.41. The highest BCUT2D eigenvalue weighted by molar-refractivity contribution is 9.10. The molecule has 2 rings (SSSR count). The second-order valence-electron chi connectivity index (χ2n) is 4.96. The Labute approximate surface area is 148 Å². The summed E-state index contributed by atoms with van der Waals surface area (Å²) in [5, 5.41) is 0. The highest BCUT2D eigenvalue weighted by Crippen LogP contribution is 2.29. The van der Waals surface area contributed by atoms with E-state index in [0.717, 1.165) is 4.47 Å². The van der Waals surface area contributed by atoms with E-state index in [0.29, 0.717) is 17.1 Å². The predicted octanol–water partition coefficient (Wildman–Crippen LogP) is 3.89. The van der Waals surface area contributed by atoms with Crippen LogP contribution in [-0.2, 0) is 4.74 Å². The molecule has 0 saturated heterocycles. The van der Waals surface area contributed by atoms with Crippen molar-refractivity contribution < 1.29 is 23.8 Å². The number of carbonyl (C=O) groups excluding carboxylic acids is 2. The molecule has 0 aliphatic carbocycles. The smallest absolute Gasteiger partial charge is 0.346 e. The van der Waals surface area contributed by atoms with Gasteiger partial charge in [-0.15, -0.1) is 0 Å². The largest absolute Gasteiger partial charge is 0.496 e. The van der Waals surface area contributed by atoms with E-state index in [1.165, 1.54) is 21.1 Å². The number of Topliss-reactive ketones (excluding diaryl/α,β-unsaturated/α-hetero) is 1. The molecule has 0 aromatic heterocycles. The Balaban J connectivity index is 2.20. The number of carbonyl (C=O) groups is 2. The lowest BCUT2D eigenvalue weighted by Crippen LogP contribution is -2.25. The Bertz CT molecular complexity index is 717. The lowest BCUT2D eigenvalue weighted by molar-refractivity contribution is 0.0313. The van der Waals surface area contributed by atoms with Crippen molar-refractivity contribution in [2.24, 2.45) is 0 Å². The van der Waals surface area contributed by atoms with Crippen molar-refractivity contribution in [1.82, 2.24) is 0 Å². The quantitative estimate of drug-likeness (QED) is 0.551. The maximum absolute atomic E-state index is 12.5. The molecule has 24 heavy (non-hydrogen) atoms. The molecule has 0 saturated carbocycles. The van der Waals surface area contributed by atoms with Gasteiger partial charge in [-0.2, -0.15) is 0 Å². The van der Waals surface area contributed by atoms with Crippen molar-refractivity contribution in [3.63, 3.8) is 0 Å². The van der Waals surface area contributed by atoms with Gasteiger partial charge in [0.2, 0.25) is 5.78 Å². The van der Waals surface area contributed by atoms with Gasteiger partial charge in [0.05, 0.1) is 14.2 Å². The van der Waals surface area contributed by atoms with Crippen LogP contribution in [-0.4, -0.2) is 32.1 Å². The molecule has 5 nitrogen and oxygen atoms in total. The minimum atomic E-state index is -0.937. The minimum absolute atomic E-state index is 0.151. The Hall–Kier alpha value is -2.34. The van der Waals surface area contributed by atoms with Gasteiger partial charge >= 0.3 is 5.97 Å². The van der Waals surface area contributed by atoms with Gasteiger partial charge in [0.1, 0.15) is 17.1 Å². The van der Waals surface area contributed by atoms with Crippen LogP contribution in [0, 0.1) is 0 Å². The van der Waals surface area contributed by atoms with Crippen molar-refractivity contribution in [2.75, 3.05) is 14.2 Å². The van der Waals surface area contributed by atoms with E-state index >= 15 is 0 Å². The van der Waals surface area contributed by atoms with Crippen LogP contribution in [0.3, 0.4) is 0 Å². The fourth-order valence-corrected chi connectivity index (χ4v) is 2.44. The van der Waals surface area contributed by atoms with E-state index in [4.69, 9.17) is 14.2 Å². The maximum atomic E-state index is 12.5. The van der Waals surface area contributed by atoms with Gasteiger partial charge in [-0.25, -0.2) is 4.79 Å². The van der Waals surface area contributed by atoms with Crippen molar-refractivity contribution >= 4 is 27.7 Å². The predicted molar refractivity (Wildman–Crippen MR) is 92.9 cm³/mol. The van der Waals surface area contributed by atoms with E-state index in [2.05, 4.69) is 15.9 Å². The number of rotatable bonds is 6. The first kappa shape index (κ1) is 18.0.